The summed E-state index contributed by atoms with van der Waals surface area (Å²) in [6, 6.07) is 5.25. The van der Waals surface area contributed by atoms with Crippen molar-refractivity contribution in [2.45, 2.75) is 6.61 Å². The molecule has 1 N–H and O–H groups in total. The van der Waals surface area contributed by atoms with Crippen LogP contribution in [0.3, 0.4) is 0 Å². The zero-order chi connectivity index (χ0) is 11.3. The van der Waals surface area contributed by atoms with E-state index in [4.69, 9.17) is 21.4 Å². The first kappa shape index (κ1) is 12.3. The van der Waals surface area contributed by atoms with Crippen LogP contribution in [0, 0.1) is 0 Å². The molecule has 0 fully saturated rings. The number of likely N-dealkylation sites (N-methyl/N-ethyl adjacent to an activating group) is 1. The highest BCUT2D eigenvalue weighted by atomic mass is 35.5. The van der Waals surface area contributed by atoms with Gasteiger partial charge in [-0.1, -0.05) is 11.6 Å². The van der Waals surface area contributed by atoms with Gasteiger partial charge in [-0.3, -0.25) is 0 Å². The lowest BCUT2D eigenvalue weighted by Gasteiger charge is -2.13. The molecule has 0 aliphatic carbocycles. The molecule has 0 saturated carbocycles. The van der Waals surface area contributed by atoms with Crippen LogP contribution in [0.4, 0.5) is 0 Å². The number of ether oxygens (including phenoxy) is 1. The molecular formula is C11H16ClNO2. The Morgan fingerprint density at radius 2 is 2.13 bits per heavy atom. The van der Waals surface area contributed by atoms with Gasteiger partial charge in [0.2, 0.25) is 0 Å². The standard InChI is InChI=1S/C11H16ClNO2/c1-13(2)5-6-15-11-4-3-10(12)7-9(11)8-14/h3-4,7,14H,5-6,8H2,1-2H3. The number of halogens is 1. The fraction of sp³-hybridized carbons (Fsp3) is 0.455. The Bertz CT molecular complexity index is 315. The Hall–Kier alpha value is -0.770. The molecule has 0 heterocycles. The van der Waals surface area contributed by atoms with Crippen LogP contribution in [0.25, 0.3) is 0 Å². The van der Waals surface area contributed by atoms with Gasteiger partial charge in [-0.15, -0.1) is 0 Å². The number of nitrogens with zero attached hydrogens (tertiary/aromatic N) is 1. The van der Waals surface area contributed by atoms with Gasteiger partial charge in [0, 0.05) is 17.1 Å². The lowest BCUT2D eigenvalue weighted by atomic mass is 10.2. The zero-order valence-corrected chi connectivity index (χ0v) is 9.79. The summed E-state index contributed by atoms with van der Waals surface area (Å²) in [6.07, 6.45) is 0. The molecule has 84 valence electrons. The summed E-state index contributed by atoms with van der Waals surface area (Å²) < 4.78 is 5.53. The van der Waals surface area contributed by atoms with Crippen molar-refractivity contribution < 1.29 is 9.84 Å². The van der Waals surface area contributed by atoms with E-state index in [0.29, 0.717) is 17.4 Å². The maximum Gasteiger partial charge on any atom is 0.124 e. The lowest BCUT2D eigenvalue weighted by Crippen LogP contribution is -2.19. The first-order valence-corrected chi connectivity index (χ1v) is 5.18. The molecule has 1 aromatic carbocycles. The predicted molar refractivity (Wildman–Crippen MR) is 61.4 cm³/mol. The van der Waals surface area contributed by atoms with E-state index in [1.807, 2.05) is 19.0 Å². The molecule has 0 aromatic heterocycles. The molecule has 4 heteroatoms. The molecule has 0 saturated heterocycles. The van der Waals surface area contributed by atoms with Crippen LogP contribution in [-0.4, -0.2) is 37.3 Å². The number of benzene rings is 1. The van der Waals surface area contributed by atoms with Crippen molar-refractivity contribution in [1.29, 1.82) is 0 Å². The summed E-state index contributed by atoms with van der Waals surface area (Å²) in [5.41, 5.74) is 0.723. The number of hydrogen-bond donors (Lipinski definition) is 1. The zero-order valence-electron chi connectivity index (χ0n) is 9.03. The predicted octanol–water partition coefficient (Wildman–Crippen LogP) is 1.77. The molecule has 0 spiro atoms. The van der Waals surface area contributed by atoms with Gasteiger partial charge in [0.05, 0.1) is 6.61 Å². The molecule has 3 nitrogen and oxygen atoms in total. The molecule has 1 rings (SSSR count). The van der Waals surface area contributed by atoms with Gasteiger partial charge >= 0.3 is 0 Å². The largest absolute Gasteiger partial charge is 0.492 e. The van der Waals surface area contributed by atoms with E-state index < -0.39 is 0 Å². The van der Waals surface area contributed by atoms with E-state index in [2.05, 4.69) is 0 Å². The summed E-state index contributed by atoms with van der Waals surface area (Å²) >= 11 is 5.81. The minimum atomic E-state index is -0.0577. The van der Waals surface area contributed by atoms with Crippen molar-refractivity contribution in [3.05, 3.63) is 28.8 Å². The van der Waals surface area contributed by atoms with Gasteiger partial charge < -0.3 is 14.7 Å². The molecule has 0 unspecified atom stereocenters. The lowest BCUT2D eigenvalue weighted by molar-refractivity contribution is 0.243. The van der Waals surface area contributed by atoms with E-state index in [1.54, 1.807) is 18.2 Å². The highest BCUT2D eigenvalue weighted by Gasteiger charge is 2.03. The fourth-order valence-corrected chi connectivity index (χ4v) is 1.35. The van der Waals surface area contributed by atoms with Crippen molar-refractivity contribution in [1.82, 2.24) is 4.90 Å². The third-order valence-corrected chi connectivity index (χ3v) is 2.22. The van der Waals surface area contributed by atoms with Gasteiger partial charge in [0.1, 0.15) is 12.4 Å². The average Bonchev–Trinajstić information content (AvgIpc) is 2.19. The second-order valence-corrected chi connectivity index (χ2v) is 4.00. The maximum atomic E-state index is 9.10. The molecule has 15 heavy (non-hydrogen) atoms. The molecule has 0 atom stereocenters. The Balaban J connectivity index is 2.60. The Labute approximate surface area is 95.2 Å². The average molecular weight is 230 g/mol. The first-order chi connectivity index (χ1) is 7.13. The second-order valence-electron chi connectivity index (χ2n) is 3.56. The SMILES string of the molecule is CN(C)CCOc1ccc(Cl)cc1CO. The van der Waals surface area contributed by atoms with Gasteiger partial charge in [-0.2, -0.15) is 0 Å². The third kappa shape index (κ3) is 4.08. The third-order valence-electron chi connectivity index (χ3n) is 1.99. The van der Waals surface area contributed by atoms with Crippen LogP contribution in [0.5, 0.6) is 5.75 Å². The first-order valence-electron chi connectivity index (χ1n) is 4.80. The molecule has 0 bridgehead atoms. The van der Waals surface area contributed by atoms with Gasteiger partial charge in [0.25, 0.3) is 0 Å². The summed E-state index contributed by atoms with van der Waals surface area (Å²) in [6.45, 7) is 1.38. The summed E-state index contributed by atoms with van der Waals surface area (Å²) in [5.74, 6) is 0.698. The fourth-order valence-electron chi connectivity index (χ4n) is 1.15. The molecule has 0 aliphatic heterocycles. The summed E-state index contributed by atoms with van der Waals surface area (Å²) in [5, 5.41) is 9.71. The number of hydrogen-bond acceptors (Lipinski definition) is 3. The van der Waals surface area contributed by atoms with Gasteiger partial charge in [-0.25, -0.2) is 0 Å². The maximum absolute atomic E-state index is 9.10. The second kappa shape index (κ2) is 5.95. The molecular weight excluding hydrogens is 214 g/mol. The van der Waals surface area contributed by atoms with Crippen LogP contribution in [0.1, 0.15) is 5.56 Å². The van der Waals surface area contributed by atoms with Crippen LogP contribution in [-0.2, 0) is 6.61 Å². The minimum Gasteiger partial charge on any atom is -0.492 e. The number of rotatable bonds is 5. The van der Waals surface area contributed by atoms with E-state index in [9.17, 15) is 0 Å². The highest BCUT2D eigenvalue weighted by molar-refractivity contribution is 6.30. The quantitative estimate of drug-likeness (QED) is 0.836. The molecule has 0 radical (unpaired) electrons. The van der Waals surface area contributed by atoms with Crippen LogP contribution < -0.4 is 4.74 Å². The van der Waals surface area contributed by atoms with Gasteiger partial charge in [-0.05, 0) is 32.3 Å². The Morgan fingerprint density at radius 3 is 2.73 bits per heavy atom. The van der Waals surface area contributed by atoms with Crippen molar-refractivity contribution >= 4 is 11.6 Å². The summed E-state index contributed by atoms with van der Waals surface area (Å²) in [4.78, 5) is 2.04. The van der Waals surface area contributed by atoms with E-state index in [-0.39, 0.29) is 6.61 Å². The van der Waals surface area contributed by atoms with E-state index >= 15 is 0 Å². The normalized spacial score (nSPS) is 10.7. The molecule has 1 aromatic rings. The van der Waals surface area contributed by atoms with Gasteiger partial charge in [0.15, 0.2) is 0 Å². The van der Waals surface area contributed by atoms with Crippen LogP contribution >= 0.6 is 11.6 Å². The van der Waals surface area contributed by atoms with E-state index in [0.717, 1.165) is 12.1 Å². The Kier molecular flexibility index (Phi) is 4.88. The highest BCUT2D eigenvalue weighted by Crippen LogP contribution is 2.22. The number of aliphatic hydroxyl groups excluding tert-OH is 1. The van der Waals surface area contributed by atoms with E-state index in [1.165, 1.54) is 0 Å². The summed E-state index contributed by atoms with van der Waals surface area (Å²) in [7, 11) is 3.97. The minimum absolute atomic E-state index is 0.0577. The molecule has 0 aliphatic rings. The van der Waals surface area contributed by atoms with Crippen molar-refractivity contribution in [2.24, 2.45) is 0 Å². The molecule has 0 amide bonds. The van der Waals surface area contributed by atoms with Crippen molar-refractivity contribution in [2.75, 3.05) is 27.2 Å². The van der Waals surface area contributed by atoms with Crippen LogP contribution in [0.15, 0.2) is 18.2 Å². The van der Waals surface area contributed by atoms with Crippen molar-refractivity contribution in [3.63, 3.8) is 0 Å². The Morgan fingerprint density at radius 1 is 1.40 bits per heavy atom. The smallest absolute Gasteiger partial charge is 0.124 e. The monoisotopic (exact) mass is 229 g/mol. The number of aliphatic hydroxyl groups is 1. The topological polar surface area (TPSA) is 32.7 Å². The van der Waals surface area contributed by atoms with Crippen molar-refractivity contribution in [3.8, 4) is 5.75 Å². The van der Waals surface area contributed by atoms with Crippen LogP contribution in [0.2, 0.25) is 5.02 Å².